The average molecular weight is 638 g/mol. The summed E-state index contributed by atoms with van der Waals surface area (Å²) in [5.74, 6) is -3.46. The largest absolute Gasteiger partial charge is 0.481 e. The zero-order valence-corrected chi connectivity index (χ0v) is 25.8. The second kappa shape index (κ2) is 14.5. The number of carboxylic acids is 2. The average Bonchev–Trinajstić information content (AvgIpc) is 3.08. The van der Waals surface area contributed by atoms with Gasteiger partial charge in [0, 0.05) is 5.39 Å². The maximum atomic E-state index is 13.0. The van der Waals surface area contributed by atoms with Crippen LogP contribution in [0.2, 0.25) is 0 Å². The molecule has 0 amide bonds. The first-order chi connectivity index (χ1) is 22.2. The van der Waals surface area contributed by atoms with Gasteiger partial charge in [-0.25, -0.2) is 0 Å². The van der Waals surface area contributed by atoms with Crippen LogP contribution in [0, 0.1) is 5.92 Å². The molecule has 5 aromatic rings. The Hall–Kier alpha value is -4.83. The number of carbonyl (C=O) groups is 2. The summed E-state index contributed by atoms with van der Waals surface area (Å²) in [6.45, 7) is -0.248. The van der Waals surface area contributed by atoms with E-state index in [1.54, 1.807) is 30.3 Å². The SMILES string of the molecule is O=C(O)[C@@H](CCCOS(=O)(=O)c1cccc2ccccc12)C[C@H](NC(c1ccccc1)(c1ccccc1)c1ccccc1)C(=O)O. The fraction of sp³-hybridized carbons (Fsp3) is 0.189. The fourth-order valence-electron chi connectivity index (χ4n) is 5.90. The molecule has 0 saturated carbocycles. The van der Waals surface area contributed by atoms with E-state index in [0.29, 0.717) is 5.39 Å². The maximum Gasteiger partial charge on any atom is 0.320 e. The summed E-state index contributed by atoms with van der Waals surface area (Å²) in [5.41, 5.74) is 1.25. The molecule has 0 bridgehead atoms. The summed E-state index contributed by atoms with van der Waals surface area (Å²) >= 11 is 0. The van der Waals surface area contributed by atoms with Gasteiger partial charge in [0.05, 0.1) is 18.1 Å². The van der Waals surface area contributed by atoms with Crippen LogP contribution < -0.4 is 5.32 Å². The lowest BCUT2D eigenvalue weighted by Gasteiger charge is -2.39. The quantitative estimate of drug-likeness (QED) is 0.0679. The van der Waals surface area contributed by atoms with Crippen molar-refractivity contribution in [2.45, 2.75) is 35.7 Å². The first kappa shape index (κ1) is 32.6. The van der Waals surface area contributed by atoms with Gasteiger partial charge >= 0.3 is 11.9 Å². The molecule has 0 unspecified atom stereocenters. The molecule has 0 saturated heterocycles. The van der Waals surface area contributed by atoms with Crippen LogP contribution in [0.3, 0.4) is 0 Å². The van der Waals surface area contributed by atoms with Crippen molar-refractivity contribution in [2.75, 3.05) is 6.61 Å². The van der Waals surface area contributed by atoms with E-state index >= 15 is 0 Å². The first-order valence-corrected chi connectivity index (χ1v) is 16.4. The van der Waals surface area contributed by atoms with Gasteiger partial charge in [-0.1, -0.05) is 127 Å². The Balaban J connectivity index is 1.37. The molecule has 0 aliphatic carbocycles. The van der Waals surface area contributed by atoms with E-state index in [-0.39, 0.29) is 30.8 Å². The van der Waals surface area contributed by atoms with E-state index in [4.69, 9.17) is 4.18 Å². The van der Waals surface area contributed by atoms with Crippen molar-refractivity contribution in [2.24, 2.45) is 5.92 Å². The van der Waals surface area contributed by atoms with Crippen LogP contribution in [0.25, 0.3) is 10.8 Å². The predicted molar refractivity (Wildman–Crippen MR) is 176 cm³/mol. The van der Waals surface area contributed by atoms with E-state index in [9.17, 15) is 28.2 Å². The monoisotopic (exact) mass is 637 g/mol. The highest BCUT2D eigenvalue weighted by atomic mass is 32.2. The van der Waals surface area contributed by atoms with Gasteiger partial charge < -0.3 is 10.2 Å². The molecule has 46 heavy (non-hydrogen) atoms. The van der Waals surface area contributed by atoms with Crippen LogP contribution in [0.1, 0.15) is 36.0 Å². The summed E-state index contributed by atoms with van der Waals surface area (Å²) in [7, 11) is -4.11. The molecule has 0 aromatic heterocycles. The number of nitrogens with one attached hydrogen (secondary N) is 1. The normalized spacial score (nSPS) is 13.2. The van der Waals surface area contributed by atoms with Gasteiger partial charge in [-0.3, -0.25) is 19.1 Å². The summed E-state index contributed by atoms with van der Waals surface area (Å²) < 4.78 is 31.4. The Morgan fingerprint density at radius 3 is 1.70 bits per heavy atom. The molecule has 236 valence electrons. The van der Waals surface area contributed by atoms with E-state index in [0.717, 1.165) is 22.1 Å². The number of rotatable bonds is 15. The molecule has 0 spiro atoms. The highest BCUT2D eigenvalue weighted by Gasteiger charge is 2.41. The van der Waals surface area contributed by atoms with Crippen molar-refractivity contribution in [1.29, 1.82) is 0 Å². The summed E-state index contributed by atoms with van der Waals surface area (Å²) in [6, 6.07) is 39.0. The lowest BCUT2D eigenvalue weighted by molar-refractivity contribution is -0.144. The van der Waals surface area contributed by atoms with Crippen LogP contribution in [-0.4, -0.2) is 43.2 Å². The zero-order chi connectivity index (χ0) is 32.6. The molecular formula is C37H35NO7S. The summed E-state index contributed by atoms with van der Waals surface area (Å²) in [5, 5.41) is 25.2. The molecule has 0 heterocycles. The van der Waals surface area contributed by atoms with Gasteiger partial charge in [-0.05, 0) is 47.4 Å². The summed E-state index contributed by atoms with van der Waals surface area (Å²) in [4.78, 5) is 25.2. The van der Waals surface area contributed by atoms with Gasteiger partial charge in [0.15, 0.2) is 0 Å². The first-order valence-electron chi connectivity index (χ1n) is 15.0. The van der Waals surface area contributed by atoms with Gasteiger partial charge in [-0.2, -0.15) is 8.42 Å². The molecule has 9 heteroatoms. The lowest BCUT2D eigenvalue weighted by Crippen LogP contribution is -2.53. The number of fused-ring (bicyclic) bond motifs is 1. The molecule has 3 N–H and O–H groups in total. The third-order valence-corrected chi connectivity index (χ3v) is 9.50. The lowest BCUT2D eigenvalue weighted by atomic mass is 9.76. The van der Waals surface area contributed by atoms with Crippen molar-refractivity contribution >= 4 is 32.8 Å². The third-order valence-electron chi connectivity index (χ3n) is 8.13. The van der Waals surface area contributed by atoms with Crippen molar-refractivity contribution in [3.05, 3.63) is 150 Å². The Kier molecular flexibility index (Phi) is 10.3. The Morgan fingerprint density at radius 2 is 1.17 bits per heavy atom. The minimum Gasteiger partial charge on any atom is -0.481 e. The zero-order valence-electron chi connectivity index (χ0n) is 25.0. The third kappa shape index (κ3) is 7.18. The Bertz CT molecular complexity index is 1780. The van der Waals surface area contributed by atoms with Crippen LogP contribution in [0.15, 0.2) is 138 Å². The van der Waals surface area contributed by atoms with Crippen LogP contribution in [0.5, 0.6) is 0 Å². The van der Waals surface area contributed by atoms with Crippen LogP contribution in [0.4, 0.5) is 0 Å². The highest BCUT2D eigenvalue weighted by Crippen LogP contribution is 2.38. The second-order valence-corrected chi connectivity index (χ2v) is 12.6. The minimum absolute atomic E-state index is 0.0147. The Labute approximate surface area is 268 Å². The molecule has 0 aliphatic rings. The molecule has 0 aliphatic heterocycles. The smallest absolute Gasteiger partial charge is 0.320 e. The van der Waals surface area contributed by atoms with Gasteiger partial charge in [0.2, 0.25) is 0 Å². The maximum absolute atomic E-state index is 13.0. The van der Waals surface area contributed by atoms with Crippen molar-refractivity contribution in [3.8, 4) is 0 Å². The standard InChI is InChI=1S/C37H35NO7S/c39-35(40)28(16-13-25-45-46(43,44)34-24-12-15-27-14-10-11-23-32(27)34)26-33(36(41)42)38-37(29-17-4-1-5-18-29,30-19-6-2-7-20-30)31-21-8-3-9-22-31/h1-12,14-15,17-24,28,33,38H,13,16,25-26H2,(H,39,40)(H,41,42)/t28-,33-/m0/s1. The number of aliphatic carboxylic acids is 2. The van der Waals surface area contributed by atoms with Crippen LogP contribution >= 0.6 is 0 Å². The van der Waals surface area contributed by atoms with Gasteiger partial charge in [0.1, 0.15) is 10.9 Å². The van der Waals surface area contributed by atoms with E-state index in [1.165, 1.54) is 6.07 Å². The topological polar surface area (TPSA) is 130 Å². The number of hydrogen-bond acceptors (Lipinski definition) is 6. The fourth-order valence-corrected chi connectivity index (χ4v) is 7.06. The molecule has 5 aromatic carbocycles. The predicted octanol–water partition coefficient (Wildman–Crippen LogP) is 6.45. The van der Waals surface area contributed by atoms with Crippen molar-refractivity contribution in [3.63, 3.8) is 0 Å². The van der Waals surface area contributed by atoms with Gasteiger partial charge in [0.25, 0.3) is 10.1 Å². The molecule has 0 fully saturated rings. The van der Waals surface area contributed by atoms with Crippen molar-refractivity contribution < 1.29 is 32.4 Å². The van der Waals surface area contributed by atoms with E-state index in [1.807, 2.05) is 97.1 Å². The van der Waals surface area contributed by atoms with E-state index < -0.39 is 39.6 Å². The molecule has 8 nitrogen and oxygen atoms in total. The minimum atomic E-state index is -4.11. The molecule has 2 atom stereocenters. The highest BCUT2D eigenvalue weighted by molar-refractivity contribution is 7.87. The second-order valence-electron chi connectivity index (χ2n) is 11.0. The van der Waals surface area contributed by atoms with Crippen molar-refractivity contribution in [1.82, 2.24) is 5.32 Å². The number of hydrogen-bond donors (Lipinski definition) is 3. The molecular weight excluding hydrogens is 602 g/mol. The molecule has 5 rings (SSSR count). The number of carboxylic acid groups (broad SMARTS) is 2. The van der Waals surface area contributed by atoms with Crippen LogP contribution in [-0.2, 0) is 29.4 Å². The van der Waals surface area contributed by atoms with E-state index in [2.05, 4.69) is 5.32 Å². The molecule has 0 radical (unpaired) electrons. The summed E-state index contributed by atoms with van der Waals surface area (Å²) in [6.07, 6.45) is -0.135. The van der Waals surface area contributed by atoms with Gasteiger partial charge in [-0.15, -0.1) is 0 Å². The number of benzene rings is 5. The Morgan fingerprint density at radius 1 is 0.674 bits per heavy atom.